The summed E-state index contributed by atoms with van der Waals surface area (Å²) in [5.74, 6) is -0.167. The van der Waals surface area contributed by atoms with Gasteiger partial charge in [0.25, 0.3) is 0 Å². The molecule has 0 aromatic heterocycles. The van der Waals surface area contributed by atoms with Crippen LogP contribution in [-0.2, 0) is 21.4 Å². The predicted molar refractivity (Wildman–Crippen MR) is 107 cm³/mol. The molecule has 0 aliphatic heterocycles. The van der Waals surface area contributed by atoms with Crippen LogP contribution in [0.15, 0.2) is 48.5 Å². The highest BCUT2D eigenvalue weighted by Crippen LogP contribution is 2.23. The molecule has 8 heteroatoms. The van der Waals surface area contributed by atoms with E-state index in [0.29, 0.717) is 6.61 Å². The molecule has 28 heavy (non-hydrogen) atoms. The van der Waals surface area contributed by atoms with Crippen molar-refractivity contribution < 1.29 is 22.3 Å². The van der Waals surface area contributed by atoms with Gasteiger partial charge in [0.1, 0.15) is 17.6 Å². The quantitative estimate of drug-likeness (QED) is 0.692. The van der Waals surface area contributed by atoms with Crippen LogP contribution in [0.3, 0.4) is 0 Å². The summed E-state index contributed by atoms with van der Waals surface area (Å²) in [7, 11) is -3.75. The van der Waals surface area contributed by atoms with Crippen LogP contribution in [0.25, 0.3) is 0 Å². The number of nitrogens with zero attached hydrogens (tertiary/aromatic N) is 1. The third-order valence-electron chi connectivity index (χ3n) is 4.11. The fourth-order valence-electron chi connectivity index (χ4n) is 2.83. The van der Waals surface area contributed by atoms with Gasteiger partial charge in [-0.1, -0.05) is 19.1 Å². The van der Waals surface area contributed by atoms with Gasteiger partial charge in [0.15, 0.2) is 0 Å². The number of amides is 1. The van der Waals surface area contributed by atoms with Gasteiger partial charge >= 0.3 is 0 Å². The molecule has 152 valence electrons. The van der Waals surface area contributed by atoms with E-state index < -0.39 is 27.8 Å². The maximum atomic E-state index is 13.2. The van der Waals surface area contributed by atoms with E-state index >= 15 is 0 Å². The normalized spacial score (nSPS) is 12.3. The van der Waals surface area contributed by atoms with Crippen molar-refractivity contribution in [3.05, 3.63) is 59.9 Å². The maximum absolute atomic E-state index is 13.2. The standard InChI is InChI=1S/C20H25FN2O4S/c1-4-19(23(28(3,25)26)17-10-8-16(21)9-11-17)20(24)22-14-15-6-12-18(13-7-15)27-5-2/h6-13,19H,4-5,14H2,1-3H3,(H,22,24). The number of nitrogens with one attached hydrogen (secondary N) is 1. The number of hydrogen-bond donors (Lipinski definition) is 1. The highest BCUT2D eigenvalue weighted by molar-refractivity contribution is 7.92. The van der Waals surface area contributed by atoms with Crippen LogP contribution in [0.2, 0.25) is 0 Å². The molecule has 1 unspecified atom stereocenters. The van der Waals surface area contributed by atoms with Gasteiger partial charge in [0, 0.05) is 6.54 Å². The highest BCUT2D eigenvalue weighted by Gasteiger charge is 2.31. The van der Waals surface area contributed by atoms with Gasteiger partial charge < -0.3 is 10.1 Å². The molecule has 0 bridgehead atoms. The second-order valence-corrected chi connectivity index (χ2v) is 8.11. The lowest BCUT2D eigenvalue weighted by molar-refractivity contribution is -0.122. The van der Waals surface area contributed by atoms with Gasteiger partial charge in [0.2, 0.25) is 15.9 Å². The molecule has 0 heterocycles. The zero-order chi connectivity index (χ0) is 20.7. The molecule has 6 nitrogen and oxygen atoms in total. The van der Waals surface area contributed by atoms with Crippen molar-refractivity contribution in [3.8, 4) is 5.75 Å². The summed E-state index contributed by atoms with van der Waals surface area (Å²) >= 11 is 0. The van der Waals surface area contributed by atoms with E-state index in [-0.39, 0.29) is 18.7 Å². The first-order chi connectivity index (χ1) is 13.3. The number of ether oxygens (including phenoxy) is 1. The van der Waals surface area contributed by atoms with Crippen LogP contribution in [0.5, 0.6) is 5.75 Å². The first-order valence-corrected chi connectivity index (χ1v) is 10.9. The summed E-state index contributed by atoms with van der Waals surface area (Å²) in [6.45, 7) is 4.44. The van der Waals surface area contributed by atoms with Crippen molar-refractivity contribution >= 4 is 21.6 Å². The zero-order valence-corrected chi connectivity index (χ0v) is 17.0. The summed E-state index contributed by atoms with van der Waals surface area (Å²) in [6.07, 6.45) is 1.29. The maximum Gasteiger partial charge on any atom is 0.244 e. The molecular formula is C20H25FN2O4S. The lowest BCUT2D eigenvalue weighted by Gasteiger charge is -2.30. The van der Waals surface area contributed by atoms with E-state index in [9.17, 15) is 17.6 Å². The first-order valence-electron chi connectivity index (χ1n) is 9.00. The Morgan fingerprint density at radius 3 is 2.21 bits per heavy atom. The largest absolute Gasteiger partial charge is 0.494 e. The Balaban J connectivity index is 2.16. The van der Waals surface area contributed by atoms with Crippen molar-refractivity contribution in [1.29, 1.82) is 0 Å². The smallest absolute Gasteiger partial charge is 0.244 e. The molecule has 0 saturated heterocycles. The van der Waals surface area contributed by atoms with Crippen LogP contribution >= 0.6 is 0 Å². The molecule has 1 atom stereocenters. The molecular weight excluding hydrogens is 383 g/mol. The van der Waals surface area contributed by atoms with Gasteiger partial charge in [-0.3, -0.25) is 9.10 Å². The van der Waals surface area contributed by atoms with E-state index in [0.717, 1.165) is 34.0 Å². The first kappa shape index (κ1) is 21.7. The van der Waals surface area contributed by atoms with Crippen LogP contribution in [-0.4, -0.2) is 33.2 Å². The number of sulfonamides is 1. The lowest BCUT2D eigenvalue weighted by atomic mass is 10.1. The molecule has 1 amide bonds. The van der Waals surface area contributed by atoms with E-state index in [1.54, 1.807) is 6.92 Å². The van der Waals surface area contributed by atoms with Crippen molar-refractivity contribution in [3.63, 3.8) is 0 Å². The number of halogens is 1. The molecule has 0 fully saturated rings. The minimum atomic E-state index is -3.75. The number of hydrogen-bond acceptors (Lipinski definition) is 4. The fourth-order valence-corrected chi connectivity index (χ4v) is 4.04. The summed E-state index contributed by atoms with van der Waals surface area (Å²) in [6, 6.07) is 11.4. The molecule has 0 radical (unpaired) electrons. The molecule has 0 spiro atoms. The van der Waals surface area contributed by atoms with Gasteiger partial charge in [-0.15, -0.1) is 0 Å². The van der Waals surface area contributed by atoms with Gasteiger partial charge in [-0.25, -0.2) is 12.8 Å². The van der Waals surface area contributed by atoms with Crippen molar-refractivity contribution in [1.82, 2.24) is 5.32 Å². The molecule has 2 aromatic rings. The Morgan fingerprint density at radius 1 is 1.11 bits per heavy atom. The molecule has 2 aromatic carbocycles. The lowest BCUT2D eigenvalue weighted by Crippen LogP contribution is -2.49. The highest BCUT2D eigenvalue weighted by atomic mass is 32.2. The number of carbonyl (C=O) groups excluding carboxylic acids is 1. The van der Waals surface area contributed by atoms with E-state index in [1.807, 2.05) is 31.2 Å². The number of anilines is 1. The van der Waals surface area contributed by atoms with Crippen LogP contribution < -0.4 is 14.4 Å². The van der Waals surface area contributed by atoms with Crippen LogP contribution in [0, 0.1) is 5.82 Å². The van der Waals surface area contributed by atoms with Crippen molar-refractivity contribution in [2.24, 2.45) is 0 Å². The third-order valence-corrected chi connectivity index (χ3v) is 5.29. The Morgan fingerprint density at radius 2 is 1.71 bits per heavy atom. The Kier molecular flexibility index (Phi) is 7.39. The molecule has 1 N–H and O–H groups in total. The zero-order valence-electron chi connectivity index (χ0n) is 16.2. The van der Waals surface area contributed by atoms with E-state index in [4.69, 9.17) is 4.74 Å². The van der Waals surface area contributed by atoms with E-state index in [2.05, 4.69) is 5.32 Å². The molecule has 0 saturated carbocycles. The molecule has 0 aliphatic rings. The molecule has 2 rings (SSSR count). The van der Waals surface area contributed by atoms with Crippen molar-refractivity contribution in [2.75, 3.05) is 17.2 Å². The monoisotopic (exact) mass is 408 g/mol. The van der Waals surface area contributed by atoms with Gasteiger partial charge in [-0.05, 0) is 55.3 Å². The molecule has 0 aliphatic carbocycles. The SMILES string of the molecule is CCOc1ccc(CNC(=O)C(CC)N(c2ccc(F)cc2)S(C)(=O)=O)cc1. The number of benzene rings is 2. The second-order valence-electron chi connectivity index (χ2n) is 6.25. The summed E-state index contributed by atoms with van der Waals surface area (Å²) in [5, 5.41) is 2.78. The van der Waals surface area contributed by atoms with Crippen molar-refractivity contribution in [2.45, 2.75) is 32.9 Å². The van der Waals surface area contributed by atoms with Gasteiger partial charge in [0.05, 0.1) is 18.6 Å². The van der Waals surface area contributed by atoms with Crippen LogP contribution in [0.4, 0.5) is 10.1 Å². The summed E-state index contributed by atoms with van der Waals surface area (Å²) < 4.78 is 44.3. The summed E-state index contributed by atoms with van der Waals surface area (Å²) in [5.41, 5.74) is 1.10. The average molecular weight is 408 g/mol. The third kappa shape index (κ3) is 5.69. The predicted octanol–water partition coefficient (Wildman–Crippen LogP) is 3.09. The minimum absolute atomic E-state index is 0.243. The Bertz CT molecular complexity index is 883. The Hall–Kier alpha value is -2.61. The average Bonchev–Trinajstić information content (AvgIpc) is 2.65. The summed E-state index contributed by atoms with van der Waals surface area (Å²) in [4.78, 5) is 12.7. The van der Waals surface area contributed by atoms with E-state index in [1.165, 1.54) is 12.1 Å². The fraction of sp³-hybridized carbons (Fsp3) is 0.350. The second kappa shape index (κ2) is 9.54. The van der Waals surface area contributed by atoms with Gasteiger partial charge in [-0.2, -0.15) is 0 Å². The minimum Gasteiger partial charge on any atom is -0.494 e. The van der Waals surface area contributed by atoms with Crippen LogP contribution in [0.1, 0.15) is 25.8 Å². The number of carbonyl (C=O) groups is 1. The Labute approximate surface area is 165 Å². The number of rotatable bonds is 9. The topological polar surface area (TPSA) is 75.7 Å².